The summed E-state index contributed by atoms with van der Waals surface area (Å²) < 4.78 is 5.78. The van der Waals surface area contributed by atoms with Gasteiger partial charge >= 0.3 is 0 Å². The lowest BCUT2D eigenvalue weighted by atomic mass is 10.2. The molecule has 0 aliphatic heterocycles. The molecule has 0 aliphatic rings. The van der Waals surface area contributed by atoms with Crippen molar-refractivity contribution < 1.29 is 4.74 Å². The largest absolute Gasteiger partial charge is 0.491 e. The number of pyridine rings is 1. The van der Waals surface area contributed by atoms with Crippen LogP contribution in [0, 0.1) is 6.92 Å². The second kappa shape index (κ2) is 6.78. The zero-order valence-corrected chi connectivity index (χ0v) is 11.5. The third-order valence-electron chi connectivity index (χ3n) is 2.83. The second-order valence-electron chi connectivity index (χ2n) is 4.56. The molecule has 19 heavy (non-hydrogen) atoms. The van der Waals surface area contributed by atoms with Gasteiger partial charge in [0.1, 0.15) is 5.75 Å². The Morgan fingerprint density at radius 1 is 1.16 bits per heavy atom. The van der Waals surface area contributed by atoms with Crippen molar-refractivity contribution in [2.24, 2.45) is 0 Å². The maximum Gasteiger partial charge on any atom is 0.142 e. The Morgan fingerprint density at radius 2 is 1.95 bits per heavy atom. The zero-order valence-electron chi connectivity index (χ0n) is 11.5. The van der Waals surface area contributed by atoms with E-state index in [0.29, 0.717) is 0 Å². The normalized spacial score (nSPS) is 10.2. The monoisotopic (exact) mass is 256 g/mol. The summed E-state index contributed by atoms with van der Waals surface area (Å²) in [6.07, 6.45) is 4.62. The average Bonchev–Trinajstić information content (AvgIpc) is 2.45. The van der Waals surface area contributed by atoms with Gasteiger partial charge in [0.05, 0.1) is 12.3 Å². The van der Waals surface area contributed by atoms with Crippen LogP contribution in [0.4, 0.5) is 5.69 Å². The van der Waals surface area contributed by atoms with Gasteiger partial charge < -0.3 is 10.1 Å². The standard InChI is InChI=1S/C16H20N2O/c1-3-10-19-16-11-13(2)4-5-15(16)18-12-14-6-8-17-9-7-14/h4-9,11,18H,3,10,12H2,1-2H3. The van der Waals surface area contributed by atoms with Gasteiger partial charge in [0.25, 0.3) is 0 Å². The summed E-state index contributed by atoms with van der Waals surface area (Å²) in [5, 5.41) is 3.41. The lowest BCUT2D eigenvalue weighted by molar-refractivity contribution is 0.318. The van der Waals surface area contributed by atoms with Gasteiger partial charge in [0, 0.05) is 18.9 Å². The Kier molecular flexibility index (Phi) is 4.78. The number of nitrogens with zero attached hydrogens (tertiary/aromatic N) is 1. The SMILES string of the molecule is CCCOc1cc(C)ccc1NCc1ccncc1. The molecular formula is C16H20N2O. The lowest BCUT2D eigenvalue weighted by Crippen LogP contribution is -2.03. The van der Waals surface area contributed by atoms with Gasteiger partial charge in [0.15, 0.2) is 0 Å². The van der Waals surface area contributed by atoms with E-state index in [2.05, 4.69) is 42.3 Å². The van der Waals surface area contributed by atoms with E-state index in [9.17, 15) is 0 Å². The van der Waals surface area contributed by atoms with Gasteiger partial charge in [-0.2, -0.15) is 0 Å². The average molecular weight is 256 g/mol. The van der Waals surface area contributed by atoms with Crippen molar-refractivity contribution in [3.8, 4) is 5.75 Å². The van der Waals surface area contributed by atoms with Crippen molar-refractivity contribution in [1.29, 1.82) is 0 Å². The van der Waals surface area contributed by atoms with E-state index in [1.54, 1.807) is 12.4 Å². The summed E-state index contributed by atoms with van der Waals surface area (Å²) in [5.74, 6) is 0.927. The lowest BCUT2D eigenvalue weighted by Gasteiger charge is -2.13. The molecule has 2 aromatic rings. The molecule has 1 heterocycles. The summed E-state index contributed by atoms with van der Waals surface area (Å²) in [4.78, 5) is 4.02. The molecule has 0 radical (unpaired) electrons. The quantitative estimate of drug-likeness (QED) is 0.853. The van der Waals surface area contributed by atoms with Crippen molar-refractivity contribution in [2.45, 2.75) is 26.8 Å². The van der Waals surface area contributed by atoms with Crippen LogP contribution < -0.4 is 10.1 Å². The molecule has 2 rings (SSSR count). The first-order chi connectivity index (χ1) is 9.29. The Labute approximate surface area is 114 Å². The van der Waals surface area contributed by atoms with Gasteiger partial charge in [-0.05, 0) is 48.7 Å². The number of nitrogens with one attached hydrogen (secondary N) is 1. The molecule has 0 amide bonds. The highest BCUT2D eigenvalue weighted by molar-refractivity contribution is 5.57. The van der Waals surface area contributed by atoms with E-state index < -0.39 is 0 Å². The molecule has 1 aromatic heterocycles. The van der Waals surface area contributed by atoms with Gasteiger partial charge in [-0.1, -0.05) is 13.0 Å². The zero-order chi connectivity index (χ0) is 13.5. The molecule has 1 aromatic carbocycles. The number of benzene rings is 1. The van der Waals surface area contributed by atoms with Crippen molar-refractivity contribution in [3.05, 3.63) is 53.9 Å². The van der Waals surface area contributed by atoms with E-state index in [1.165, 1.54) is 11.1 Å². The van der Waals surface area contributed by atoms with Crippen LogP contribution >= 0.6 is 0 Å². The predicted octanol–water partition coefficient (Wildman–Crippen LogP) is 3.79. The molecule has 0 saturated heterocycles. The summed E-state index contributed by atoms with van der Waals surface area (Å²) in [7, 11) is 0. The molecular weight excluding hydrogens is 236 g/mol. The maximum atomic E-state index is 5.78. The molecule has 0 bridgehead atoms. The summed E-state index contributed by atoms with van der Waals surface area (Å²) >= 11 is 0. The van der Waals surface area contributed by atoms with Gasteiger partial charge in [-0.15, -0.1) is 0 Å². The summed E-state index contributed by atoms with van der Waals surface area (Å²) in [5.41, 5.74) is 3.45. The topological polar surface area (TPSA) is 34.1 Å². The molecule has 3 nitrogen and oxygen atoms in total. The number of aromatic nitrogens is 1. The highest BCUT2D eigenvalue weighted by Crippen LogP contribution is 2.26. The Hall–Kier alpha value is -2.03. The Morgan fingerprint density at radius 3 is 2.68 bits per heavy atom. The first-order valence-electron chi connectivity index (χ1n) is 6.66. The Balaban J connectivity index is 2.06. The number of anilines is 1. The first-order valence-corrected chi connectivity index (χ1v) is 6.66. The fourth-order valence-electron chi connectivity index (χ4n) is 1.80. The molecule has 0 aliphatic carbocycles. The minimum Gasteiger partial charge on any atom is -0.491 e. The van der Waals surface area contributed by atoms with Crippen molar-refractivity contribution in [3.63, 3.8) is 0 Å². The molecule has 0 unspecified atom stereocenters. The van der Waals surface area contributed by atoms with Crippen LogP contribution in [0.25, 0.3) is 0 Å². The third kappa shape index (κ3) is 3.98. The third-order valence-corrected chi connectivity index (χ3v) is 2.83. The van der Waals surface area contributed by atoms with Crippen LogP contribution in [-0.4, -0.2) is 11.6 Å². The van der Waals surface area contributed by atoms with Crippen LogP contribution in [0.5, 0.6) is 5.75 Å². The first kappa shape index (κ1) is 13.4. The van der Waals surface area contributed by atoms with Crippen LogP contribution in [0.3, 0.4) is 0 Å². The molecule has 3 heteroatoms. The van der Waals surface area contributed by atoms with Gasteiger partial charge in [-0.3, -0.25) is 4.98 Å². The summed E-state index contributed by atoms with van der Waals surface area (Å²) in [6.45, 7) is 5.70. The molecule has 1 N–H and O–H groups in total. The number of ether oxygens (including phenoxy) is 1. The van der Waals surface area contributed by atoms with E-state index >= 15 is 0 Å². The van der Waals surface area contributed by atoms with Gasteiger partial charge in [0.2, 0.25) is 0 Å². The minimum absolute atomic E-state index is 0.743. The molecule has 0 spiro atoms. The van der Waals surface area contributed by atoms with Crippen molar-refractivity contribution in [1.82, 2.24) is 4.98 Å². The number of aryl methyl sites for hydroxylation is 1. The fraction of sp³-hybridized carbons (Fsp3) is 0.312. The smallest absolute Gasteiger partial charge is 0.142 e. The van der Waals surface area contributed by atoms with Crippen LogP contribution in [0.15, 0.2) is 42.7 Å². The van der Waals surface area contributed by atoms with E-state index in [-0.39, 0.29) is 0 Å². The van der Waals surface area contributed by atoms with Crippen LogP contribution in [0.2, 0.25) is 0 Å². The predicted molar refractivity (Wildman–Crippen MR) is 78.5 cm³/mol. The second-order valence-corrected chi connectivity index (χ2v) is 4.56. The minimum atomic E-state index is 0.743. The Bertz CT molecular complexity index is 511. The maximum absolute atomic E-state index is 5.78. The van der Waals surface area contributed by atoms with E-state index in [4.69, 9.17) is 4.74 Å². The number of hydrogen-bond donors (Lipinski definition) is 1. The highest BCUT2D eigenvalue weighted by Gasteiger charge is 2.03. The highest BCUT2D eigenvalue weighted by atomic mass is 16.5. The van der Waals surface area contributed by atoms with E-state index in [1.807, 2.05) is 12.1 Å². The molecule has 0 fully saturated rings. The van der Waals surface area contributed by atoms with Gasteiger partial charge in [-0.25, -0.2) is 0 Å². The van der Waals surface area contributed by atoms with Crippen LogP contribution in [-0.2, 0) is 6.54 Å². The summed E-state index contributed by atoms with van der Waals surface area (Å²) in [6, 6.07) is 10.3. The van der Waals surface area contributed by atoms with E-state index in [0.717, 1.165) is 31.0 Å². The number of rotatable bonds is 6. The molecule has 0 saturated carbocycles. The fourth-order valence-corrected chi connectivity index (χ4v) is 1.80. The van der Waals surface area contributed by atoms with Crippen molar-refractivity contribution >= 4 is 5.69 Å². The molecule has 0 atom stereocenters. The number of hydrogen-bond acceptors (Lipinski definition) is 3. The molecule has 100 valence electrons. The van der Waals surface area contributed by atoms with Crippen molar-refractivity contribution in [2.75, 3.05) is 11.9 Å². The van der Waals surface area contributed by atoms with Crippen LogP contribution in [0.1, 0.15) is 24.5 Å².